The van der Waals surface area contributed by atoms with Crippen LogP contribution >= 0.6 is 0 Å². The molecule has 1 saturated heterocycles. The molecule has 0 unspecified atom stereocenters. The van der Waals surface area contributed by atoms with E-state index >= 15 is 0 Å². The van der Waals surface area contributed by atoms with Gasteiger partial charge in [0.25, 0.3) is 0 Å². The molecule has 0 aliphatic carbocycles. The minimum atomic E-state index is -0.461. The van der Waals surface area contributed by atoms with Gasteiger partial charge in [-0.15, -0.1) is 0 Å². The molecule has 23 heavy (non-hydrogen) atoms. The number of carbonyl (C=O) groups excluding carboxylic acids is 1. The number of rotatable bonds is 3. The van der Waals surface area contributed by atoms with Crippen molar-refractivity contribution in [1.29, 1.82) is 0 Å². The number of nitrogens with one attached hydrogen (secondary N) is 1. The second kappa shape index (κ2) is 7.24. The number of hydrogen-bond donors (Lipinski definition) is 2. The Morgan fingerprint density at radius 1 is 1.13 bits per heavy atom. The summed E-state index contributed by atoms with van der Waals surface area (Å²) in [6.07, 6.45) is 2.78. The number of benzene rings is 1. The number of likely N-dealkylation sites (tertiary alicyclic amines) is 1. The lowest BCUT2D eigenvalue weighted by Gasteiger charge is -2.34. The molecule has 2 aromatic rings. The van der Waals surface area contributed by atoms with Crippen LogP contribution in [0.2, 0.25) is 0 Å². The normalized spacial score (nSPS) is 16.8. The number of amides is 2. The van der Waals surface area contributed by atoms with Gasteiger partial charge in [0.15, 0.2) is 0 Å². The average Bonchev–Trinajstić information content (AvgIpc) is 2.63. The molecule has 0 radical (unpaired) electrons. The lowest BCUT2D eigenvalue weighted by molar-refractivity contribution is 0.0683. The van der Waals surface area contributed by atoms with Crippen molar-refractivity contribution in [3.63, 3.8) is 0 Å². The zero-order valence-electron chi connectivity index (χ0n) is 12.9. The van der Waals surface area contributed by atoms with Crippen molar-refractivity contribution in [2.45, 2.75) is 18.9 Å². The molecule has 0 spiro atoms. The third-order valence-corrected chi connectivity index (χ3v) is 4.31. The van der Waals surface area contributed by atoms with E-state index in [1.54, 1.807) is 17.2 Å². The summed E-state index contributed by atoms with van der Waals surface area (Å²) in [6, 6.07) is 15.0. The largest absolute Gasteiger partial charge is 0.388 e. The number of pyridine rings is 1. The van der Waals surface area contributed by atoms with Crippen molar-refractivity contribution in [1.82, 2.24) is 9.88 Å². The summed E-state index contributed by atoms with van der Waals surface area (Å²) in [7, 11) is 0. The summed E-state index contributed by atoms with van der Waals surface area (Å²) in [6.45, 7) is 1.29. The maximum Gasteiger partial charge on any atom is 0.323 e. The predicted octanol–water partition coefficient (Wildman–Crippen LogP) is 3.06. The van der Waals surface area contributed by atoms with E-state index < -0.39 is 6.10 Å². The van der Waals surface area contributed by atoms with Crippen LogP contribution in [0.5, 0.6) is 0 Å². The molecule has 1 fully saturated rings. The Kier molecular flexibility index (Phi) is 4.88. The Hall–Kier alpha value is -2.40. The number of piperidine rings is 1. The second-order valence-corrected chi connectivity index (χ2v) is 5.83. The van der Waals surface area contributed by atoms with Gasteiger partial charge >= 0.3 is 6.03 Å². The quantitative estimate of drug-likeness (QED) is 0.915. The zero-order valence-corrected chi connectivity index (χ0v) is 12.9. The molecular weight excluding hydrogens is 290 g/mol. The van der Waals surface area contributed by atoms with Gasteiger partial charge in [-0.25, -0.2) is 9.78 Å². The lowest BCUT2D eigenvalue weighted by atomic mass is 9.87. The first-order chi connectivity index (χ1) is 11.2. The number of nitrogens with zero attached hydrogens (tertiary/aromatic N) is 2. The van der Waals surface area contributed by atoms with Crippen molar-refractivity contribution in [3.05, 3.63) is 60.3 Å². The van der Waals surface area contributed by atoms with Crippen LogP contribution in [0.4, 0.5) is 10.6 Å². The Labute approximate surface area is 136 Å². The molecule has 1 atom stereocenters. The highest BCUT2D eigenvalue weighted by Gasteiger charge is 2.28. The van der Waals surface area contributed by atoms with E-state index in [1.165, 1.54) is 0 Å². The SMILES string of the molecule is O=C(Nc1ccccn1)N1CCC([C@H](O)c2ccccc2)CC1. The van der Waals surface area contributed by atoms with Crippen LogP contribution in [-0.2, 0) is 0 Å². The fourth-order valence-electron chi connectivity index (χ4n) is 2.97. The molecule has 3 rings (SSSR count). The number of urea groups is 1. The van der Waals surface area contributed by atoms with Gasteiger partial charge in [-0.3, -0.25) is 5.32 Å². The molecule has 5 heteroatoms. The minimum Gasteiger partial charge on any atom is -0.388 e. The standard InChI is InChI=1S/C18H21N3O2/c22-17(14-6-2-1-3-7-14)15-9-12-21(13-10-15)18(23)20-16-8-4-5-11-19-16/h1-8,11,15,17,22H,9-10,12-13H2,(H,19,20,23)/t17-/m1/s1. The first-order valence-electron chi connectivity index (χ1n) is 7.94. The van der Waals surface area contributed by atoms with Crippen molar-refractivity contribution in [2.24, 2.45) is 5.92 Å². The van der Waals surface area contributed by atoms with E-state index in [0.29, 0.717) is 18.9 Å². The van der Waals surface area contributed by atoms with Crippen LogP contribution in [0.15, 0.2) is 54.7 Å². The zero-order chi connectivity index (χ0) is 16.1. The summed E-state index contributed by atoms with van der Waals surface area (Å²) in [4.78, 5) is 18.1. The van der Waals surface area contributed by atoms with Crippen molar-refractivity contribution in [2.75, 3.05) is 18.4 Å². The molecule has 2 heterocycles. The maximum absolute atomic E-state index is 12.2. The van der Waals surface area contributed by atoms with E-state index in [4.69, 9.17) is 0 Å². The Balaban J connectivity index is 1.53. The summed E-state index contributed by atoms with van der Waals surface area (Å²) in [5.74, 6) is 0.750. The van der Waals surface area contributed by atoms with Crippen LogP contribution in [0, 0.1) is 5.92 Å². The highest BCUT2D eigenvalue weighted by atomic mass is 16.3. The topological polar surface area (TPSA) is 65.5 Å². The van der Waals surface area contributed by atoms with E-state index in [9.17, 15) is 9.90 Å². The smallest absolute Gasteiger partial charge is 0.323 e. The summed E-state index contributed by atoms with van der Waals surface area (Å²) in [5.41, 5.74) is 0.948. The maximum atomic E-state index is 12.2. The second-order valence-electron chi connectivity index (χ2n) is 5.83. The van der Waals surface area contributed by atoms with Crippen molar-refractivity contribution < 1.29 is 9.90 Å². The fraction of sp³-hybridized carbons (Fsp3) is 0.333. The lowest BCUT2D eigenvalue weighted by Crippen LogP contribution is -2.42. The molecule has 120 valence electrons. The number of aliphatic hydroxyl groups excluding tert-OH is 1. The van der Waals surface area contributed by atoms with Gasteiger partial charge in [-0.1, -0.05) is 36.4 Å². The van der Waals surface area contributed by atoms with Gasteiger partial charge in [0.2, 0.25) is 0 Å². The van der Waals surface area contributed by atoms with Crippen LogP contribution in [0.1, 0.15) is 24.5 Å². The predicted molar refractivity (Wildman–Crippen MR) is 89.0 cm³/mol. The van der Waals surface area contributed by atoms with Gasteiger partial charge in [-0.05, 0) is 36.5 Å². The molecule has 1 aliphatic rings. The molecule has 1 aromatic carbocycles. The molecule has 5 nitrogen and oxygen atoms in total. The number of hydrogen-bond acceptors (Lipinski definition) is 3. The highest BCUT2D eigenvalue weighted by Crippen LogP contribution is 2.30. The summed E-state index contributed by atoms with van der Waals surface area (Å²) >= 11 is 0. The Morgan fingerprint density at radius 2 is 1.83 bits per heavy atom. The Morgan fingerprint density at radius 3 is 2.48 bits per heavy atom. The monoisotopic (exact) mass is 311 g/mol. The van der Waals surface area contributed by atoms with Crippen molar-refractivity contribution in [3.8, 4) is 0 Å². The van der Waals surface area contributed by atoms with Gasteiger partial charge in [-0.2, -0.15) is 0 Å². The van der Waals surface area contributed by atoms with Gasteiger partial charge in [0, 0.05) is 19.3 Å². The summed E-state index contributed by atoms with van der Waals surface area (Å²) < 4.78 is 0. The number of aromatic nitrogens is 1. The van der Waals surface area contributed by atoms with Gasteiger partial charge in [0.05, 0.1) is 6.10 Å². The molecular formula is C18H21N3O2. The average molecular weight is 311 g/mol. The fourth-order valence-corrected chi connectivity index (χ4v) is 2.97. The van der Waals surface area contributed by atoms with Crippen LogP contribution < -0.4 is 5.32 Å². The first kappa shape index (κ1) is 15.5. The number of aliphatic hydroxyl groups is 1. The molecule has 1 aromatic heterocycles. The first-order valence-corrected chi connectivity index (χ1v) is 7.94. The van der Waals surface area contributed by atoms with Gasteiger partial charge < -0.3 is 10.0 Å². The van der Waals surface area contributed by atoms with E-state index in [2.05, 4.69) is 10.3 Å². The van der Waals surface area contributed by atoms with Gasteiger partial charge in [0.1, 0.15) is 5.82 Å². The van der Waals surface area contributed by atoms with E-state index in [-0.39, 0.29) is 11.9 Å². The van der Waals surface area contributed by atoms with E-state index in [1.807, 2.05) is 42.5 Å². The molecule has 2 amide bonds. The minimum absolute atomic E-state index is 0.128. The molecule has 2 N–H and O–H groups in total. The molecule has 1 aliphatic heterocycles. The van der Waals surface area contributed by atoms with Crippen LogP contribution in [0.25, 0.3) is 0 Å². The van der Waals surface area contributed by atoms with Crippen LogP contribution in [0.3, 0.4) is 0 Å². The Bertz CT molecular complexity index is 625. The number of anilines is 1. The molecule has 0 bridgehead atoms. The van der Waals surface area contributed by atoms with Crippen LogP contribution in [-0.4, -0.2) is 34.1 Å². The highest BCUT2D eigenvalue weighted by molar-refractivity contribution is 5.88. The van der Waals surface area contributed by atoms with Crippen molar-refractivity contribution >= 4 is 11.8 Å². The molecule has 0 saturated carbocycles. The van der Waals surface area contributed by atoms with E-state index in [0.717, 1.165) is 18.4 Å². The third kappa shape index (κ3) is 3.87. The summed E-state index contributed by atoms with van der Waals surface area (Å²) in [5, 5.41) is 13.3. The third-order valence-electron chi connectivity index (χ3n) is 4.31. The number of carbonyl (C=O) groups is 1.